The minimum absolute atomic E-state index is 0.0130. The van der Waals surface area contributed by atoms with Crippen LogP contribution < -0.4 is 15.5 Å². The van der Waals surface area contributed by atoms with Crippen LogP contribution in [0.2, 0.25) is 0 Å². The van der Waals surface area contributed by atoms with Gasteiger partial charge in [-0.1, -0.05) is 32.0 Å². The van der Waals surface area contributed by atoms with Gasteiger partial charge < -0.3 is 5.32 Å². The molecule has 158 valence electrons. The number of rotatable bonds is 3. The number of nitro benzene ring substituents is 1. The van der Waals surface area contributed by atoms with Crippen LogP contribution in [0.1, 0.15) is 19.4 Å². The van der Waals surface area contributed by atoms with Crippen LogP contribution in [0.15, 0.2) is 48.5 Å². The summed E-state index contributed by atoms with van der Waals surface area (Å²) in [4.78, 5) is 51.9. The van der Waals surface area contributed by atoms with Gasteiger partial charge in [-0.2, -0.15) is 0 Å². The van der Waals surface area contributed by atoms with Gasteiger partial charge in [-0.25, -0.2) is 4.90 Å². The summed E-state index contributed by atoms with van der Waals surface area (Å²) in [6, 6.07) is 12.1. The van der Waals surface area contributed by atoms with Crippen molar-refractivity contribution in [2.24, 2.45) is 17.8 Å². The lowest BCUT2D eigenvalue weighted by atomic mass is 9.76. The highest BCUT2D eigenvalue weighted by Crippen LogP contribution is 2.54. The predicted octanol–water partition coefficient (Wildman–Crippen LogP) is 2.18. The molecular formula is C22H20N4O5. The van der Waals surface area contributed by atoms with Crippen molar-refractivity contribution in [2.45, 2.75) is 25.4 Å². The number of hydrogen-bond donors (Lipinski definition) is 2. The van der Waals surface area contributed by atoms with Crippen LogP contribution >= 0.6 is 0 Å². The van der Waals surface area contributed by atoms with Crippen molar-refractivity contribution in [3.8, 4) is 0 Å². The number of amides is 3. The highest BCUT2D eigenvalue weighted by molar-refractivity contribution is 6.25. The van der Waals surface area contributed by atoms with Gasteiger partial charge in [0.2, 0.25) is 17.7 Å². The number of hydrogen-bond acceptors (Lipinski definition) is 6. The monoisotopic (exact) mass is 420 g/mol. The molecule has 1 spiro atoms. The maximum Gasteiger partial charge on any atom is 0.269 e. The molecule has 0 bridgehead atoms. The SMILES string of the molecule is CC(C)[C@H]1N[C@]2(C(=O)Nc3ccccc32)[C@@H]2C(=O)N(c3ccc([N+](=O)[O-])cc3)C(=O)[C@@H]12. The summed E-state index contributed by atoms with van der Waals surface area (Å²) < 4.78 is 0. The van der Waals surface area contributed by atoms with Crippen molar-refractivity contribution in [3.63, 3.8) is 0 Å². The zero-order valence-corrected chi connectivity index (χ0v) is 16.9. The second-order valence-corrected chi connectivity index (χ2v) is 8.51. The first kappa shape index (κ1) is 19.4. The predicted molar refractivity (Wildman–Crippen MR) is 111 cm³/mol. The molecule has 3 heterocycles. The van der Waals surface area contributed by atoms with Crippen molar-refractivity contribution in [3.05, 3.63) is 64.2 Å². The lowest BCUT2D eigenvalue weighted by Gasteiger charge is -2.30. The number of carbonyl (C=O) groups excluding carboxylic acids is 3. The van der Waals surface area contributed by atoms with E-state index in [9.17, 15) is 24.5 Å². The van der Waals surface area contributed by atoms with Crippen LogP contribution in [0.4, 0.5) is 17.1 Å². The Morgan fingerprint density at radius 2 is 1.71 bits per heavy atom. The van der Waals surface area contributed by atoms with Crippen molar-refractivity contribution in [1.29, 1.82) is 0 Å². The van der Waals surface area contributed by atoms with Gasteiger partial charge in [0.05, 0.1) is 22.4 Å². The number of para-hydroxylation sites is 1. The van der Waals surface area contributed by atoms with Gasteiger partial charge in [0.15, 0.2) is 0 Å². The molecular weight excluding hydrogens is 400 g/mol. The molecule has 0 saturated carbocycles. The Balaban J connectivity index is 1.64. The molecule has 2 aromatic carbocycles. The molecule has 31 heavy (non-hydrogen) atoms. The maximum atomic E-state index is 13.7. The van der Waals surface area contributed by atoms with E-state index in [2.05, 4.69) is 10.6 Å². The molecule has 3 amide bonds. The molecule has 3 aliphatic heterocycles. The third-order valence-electron chi connectivity index (χ3n) is 6.59. The third kappa shape index (κ3) is 2.43. The number of nitro groups is 1. The normalized spacial score (nSPS) is 28.9. The minimum atomic E-state index is -1.33. The average Bonchev–Trinajstić information content (AvgIpc) is 3.33. The van der Waals surface area contributed by atoms with Gasteiger partial charge >= 0.3 is 0 Å². The Hall–Kier alpha value is -3.59. The summed E-state index contributed by atoms with van der Waals surface area (Å²) in [6.45, 7) is 3.89. The molecule has 9 nitrogen and oxygen atoms in total. The van der Waals surface area contributed by atoms with E-state index in [4.69, 9.17) is 0 Å². The molecule has 0 unspecified atom stereocenters. The van der Waals surface area contributed by atoms with E-state index >= 15 is 0 Å². The van der Waals surface area contributed by atoms with Crippen LogP contribution in [0.3, 0.4) is 0 Å². The summed E-state index contributed by atoms with van der Waals surface area (Å²) >= 11 is 0. The van der Waals surface area contributed by atoms with Gasteiger partial charge in [0.25, 0.3) is 5.69 Å². The van der Waals surface area contributed by atoms with Gasteiger partial charge in [0.1, 0.15) is 5.54 Å². The molecule has 3 aliphatic rings. The quantitative estimate of drug-likeness (QED) is 0.446. The van der Waals surface area contributed by atoms with Gasteiger partial charge in [-0.15, -0.1) is 0 Å². The Morgan fingerprint density at radius 1 is 1.03 bits per heavy atom. The maximum absolute atomic E-state index is 13.7. The number of nitrogens with zero attached hydrogens (tertiary/aromatic N) is 2. The molecule has 0 aromatic heterocycles. The average molecular weight is 420 g/mol. The van der Waals surface area contributed by atoms with E-state index in [1.807, 2.05) is 13.8 Å². The molecule has 4 atom stereocenters. The van der Waals surface area contributed by atoms with Crippen LogP contribution in [-0.4, -0.2) is 28.7 Å². The zero-order chi connectivity index (χ0) is 22.1. The van der Waals surface area contributed by atoms with E-state index in [0.29, 0.717) is 11.3 Å². The van der Waals surface area contributed by atoms with Crippen molar-refractivity contribution in [2.75, 3.05) is 10.2 Å². The molecule has 5 rings (SSSR count). The zero-order valence-electron chi connectivity index (χ0n) is 16.9. The minimum Gasteiger partial charge on any atom is -0.324 e. The van der Waals surface area contributed by atoms with Crippen molar-refractivity contribution in [1.82, 2.24) is 5.32 Å². The number of fused-ring (bicyclic) bond motifs is 4. The van der Waals surface area contributed by atoms with E-state index in [1.165, 1.54) is 24.3 Å². The Bertz CT molecular complexity index is 1140. The molecule has 2 fully saturated rings. The number of carbonyl (C=O) groups is 3. The largest absolute Gasteiger partial charge is 0.324 e. The summed E-state index contributed by atoms with van der Waals surface area (Å²) in [5, 5.41) is 17.2. The summed E-state index contributed by atoms with van der Waals surface area (Å²) in [5.41, 5.74) is 0.0741. The van der Waals surface area contributed by atoms with Crippen LogP contribution in [0.25, 0.3) is 0 Å². The summed E-state index contributed by atoms with van der Waals surface area (Å²) in [6.07, 6.45) is 0. The first-order valence-corrected chi connectivity index (χ1v) is 10.1. The molecule has 2 N–H and O–H groups in total. The number of imide groups is 1. The van der Waals surface area contributed by atoms with Crippen LogP contribution in [-0.2, 0) is 19.9 Å². The van der Waals surface area contributed by atoms with E-state index in [1.54, 1.807) is 24.3 Å². The van der Waals surface area contributed by atoms with E-state index < -0.39 is 34.1 Å². The smallest absolute Gasteiger partial charge is 0.269 e. The number of non-ortho nitro benzene ring substituents is 1. The molecule has 0 radical (unpaired) electrons. The first-order chi connectivity index (χ1) is 14.8. The fraction of sp³-hybridized carbons (Fsp3) is 0.318. The second kappa shape index (κ2) is 6.45. The topological polar surface area (TPSA) is 122 Å². The Labute approximate surface area is 177 Å². The lowest BCUT2D eigenvalue weighted by Crippen LogP contribution is -2.54. The van der Waals surface area contributed by atoms with Crippen molar-refractivity contribution < 1.29 is 19.3 Å². The van der Waals surface area contributed by atoms with Gasteiger partial charge in [-0.3, -0.25) is 29.8 Å². The number of benzene rings is 2. The van der Waals surface area contributed by atoms with E-state index in [0.717, 1.165) is 4.90 Å². The molecule has 9 heteroatoms. The number of anilines is 2. The molecule has 2 aromatic rings. The van der Waals surface area contributed by atoms with Crippen molar-refractivity contribution >= 4 is 34.8 Å². The van der Waals surface area contributed by atoms with Crippen LogP contribution in [0.5, 0.6) is 0 Å². The number of nitrogens with one attached hydrogen (secondary N) is 2. The highest BCUT2D eigenvalue weighted by Gasteiger charge is 2.70. The Kier molecular flexibility index (Phi) is 4.03. The first-order valence-electron chi connectivity index (χ1n) is 10.1. The molecule has 2 saturated heterocycles. The van der Waals surface area contributed by atoms with Gasteiger partial charge in [-0.05, 0) is 24.1 Å². The second-order valence-electron chi connectivity index (χ2n) is 8.51. The fourth-order valence-electron chi connectivity index (χ4n) is 5.24. The highest BCUT2D eigenvalue weighted by atomic mass is 16.6. The van der Waals surface area contributed by atoms with Crippen LogP contribution in [0, 0.1) is 27.9 Å². The third-order valence-corrected chi connectivity index (χ3v) is 6.59. The van der Waals surface area contributed by atoms with E-state index in [-0.39, 0.29) is 29.2 Å². The standard InChI is InChI=1S/C22H20N4O5/c1-11(2)18-16-17(22(24-18)14-5-3-4-6-15(14)23-21(22)29)20(28)25(19(16)27)12-7-9-13(10-8-12)26(30)31/h3-11,16-18,24H,1-2H3,(H,23,29)/t16-,17+,18-,22+/m1/s1. The summed E-state index contributed by atoms with van der Waals surface area (Å²) in [7, 11) is 0. The molecule has 0 aliphatic carbocycles. The van der Waals surface area contributed by atoms with Gasteiger partial charge in [0, 0.05) is 29.4 Å². The lowest BCUT2D eigenvalue weighted by molar-refractivity contribution is -0.384. The Morgan fingerprint density at radius 3 is 2.35 bits per heavy atom. The fourth-order valence-corrected chi connectivity index (χ4v) is 5.24. The summed E-state index contributed by atoms with van der Waals surface area (Å²) in [5.74, 6) is -2.87.